The number of ketones is 1. The normalized spacial score (nSPS) is 10.6. The molecule has 1 aromatic heterocycles. The van der Waals surface area contributed by atoms with Crippen LogP contribution >= 0.6 is 0 Å². The fourth-order valence-corrected chi connectivity index (χ4v) is 3.23. The van der Waals surface area contributed by atoms with Crippen molar-refractivity contribution >= 4 is 23.2 Å². The van der Waals surface area contributed by atoms with Crippen molar-refractivity contribution in [2.75, 3.05) is 17.7 Å². The number of pyridine rings is 1. The highest BCUT2D eigenvalue weighted by Crippen LogP contribution is 2.27. The summed E-state index contributed by atoms with van der Waals surface area (Å²) in [6.07, 6.45) is 2.78. The van der Waals surface area contributed by atoms with Gasteiger partial charge >= 0.3 is 0 Å². The van der Waals surface area contributed by atoms with E-state index in [9.17, 15) is 14.0 Å². The molecule has 1 heterocycles. The lowest BCUT2D eigenvalue weighted by Gasteiger charge is -2.17. The van der Waals surface area contributed by atoms with E-state index in [1.54, 1.807) is 62.6 Å². The fraction of sp³-hybridized carbons (Fsp3) is 0.208. The van der Waals surface area contributed by atoms with Crippen LogP contribution in [0, 0.1) is 5.82 Å². The summed E-state index contributed by atoms with van der Waals surface area (Å²) in [5, 5.41) is 0. The Labute approximate surface area is 175 Å². The van der Waals surface area contributed by atoms with E-state index in [0.717, 1.165) is 11.1 Å². The van der Waals surface area contributed by atoms with Gasteiger partial charge in [0, 0.05) is 31.6 Å². The largest absolute Gasteiger partial charge is 0.383 e. The first kappa shape index (κ1) is 21.2. The molecule has 0 radical (unpaired) electrons. The molecule has 0 saturated carbocycles. The summed E-state index contributed by atoms with van der Waals surface area (Å²) in [5.74, 6) is -0.174. The van der Waals surface area contributed by atoms with Crippen molar-refractivity contribution in [3.05, 3.63) is 77.7 Å². The van der Waals surface area contributed by atoms with Crippen LogP contribution in [0.4, 0.5) is 15.9 Å². The van der Waals surface area contributed by atoms with E-state index in [4.69, 9.17) is 5.73 Å². The number of rotatable bonds is 7. The highest BCUT2D eigenvalue weighted by molar-refractivity contribution is 5.96. The molecule has 3 aromatic rings. The third-order valence-electron chi connectivity index (χ3n) is 5.07. The summed E-state index contributed by atoms with van der Waals surface area (Å²) in [4.78, 5) is 29.6. The van der Waals surface area contributed by atoms with Crippen molar-refractivity contribution < 1.29 is 14.0 Å². The SMILES string of the molecule is CCC(=O)N(C)c1ccc(-c2ccc(C(=O)CCc3cccnc3N)cc2)cc1F. The van der Waals surface area contributed by atoms with Crippen LogP contribution in [0.25, 0.3) is 11.1 Å². The van der Waals surface area contributed by atoms with Crippen LogP contribution in [0.3, 0.4) is 0 Å². The van der Waals surface area contributed by atoms with Gasteiger partial charge < -0.3 is 10.6 Å². The fourth-order valence-electron chi connectivity index (χ4n) is 3.23. The summed E-state index contributed by atoms with van der Waals surface area (Å²) >= 11 is 0. The minimum absolute atomic E-state index is 0.00559. The lowest BCUT2D eigenvalue weighted by Crippen LogP contribution is -2.25. The zero-order valence-electron chi connectivity index (χ0n) is 17.1. The number of hydrogen-bond donors (Lipinski definition) is 1. The van der Waals surface area contributed by atoms with Gasteiger partial charge in [-0.3, -0.25) is 9.59 Å². The Balaban J connectivity index is 1.71. The lowest BCUT2D eigenvalue weighted by atomic mass is 9.99. The van der Waals surface area contributed by atoms with Crippen molar-refractivity contribution in [1.82, 2.24) is 4.98 Å². The van der Waals surface area contributed by atoms with Crippen LogP contribution in [0.2, 0.25) is 0 Å². The van der Waals surface area contributed by atoms with E-state index in [1.165, 1.54) is 11.0 Å². The maximum atomic E-state index is 14.5. The van der Waals surface area contributed by atoms with Crippen LogP contribution in [-0.2, 0) is 11.2 Å². The molecule has 0 aliphatic heterocycles. The van der Waals surface area contributed by atoms with Crippen molar-refractivity contribution in [2.24, 2.45) is 0 Å². The third kappa shape index (κ3) is 4.71. The summed E-state index contributed by atoms with van der Waals surface area (Å²) < 4.78 is 14.5. The molecular formula is C24H24FN3O2. The highest BCUT2D eigenvalue weighted by Gasteiger charge is 2.14. The minimum Gasteiger partial charge on any atom is -0.383 e. The number of nitrogens with two attached hydrogens (primary N) is 1. The van der Waals surface area contributed by atoms with E-state index in [2.05, 4.69) is 4.98 Å². The third-order valence-corrected chi connectivity index (χ3v) is 5.07. The predicted molar refractivity (Wildman–Crippen MR) is 117 cm³/mol. The number of hydrogen-bond acceptors (Lipinski definition) is 4. The second-order valence-corrected chi connectivity index (χ2v) is 7.02. The first-order valence-corrected chi connectivity index (χ1v) is 9.79. The highest BCUT2D eigenvalue weighted by atomic mass is 19.1. The maximum Gasteiger partial charge on any atom is 0.226 e. The van der Waals surface area contributed by atoms with E-state index in [1.807, 2.05) is 6.07 Å². The molecule has 2 N–H and O–H groups in total. The molecule has 0 unspecified atom stereocenters. The Morgan fingerprint density at radius 1 is 1.07 bits per heavy atom. The van der Waals surface area contributed by atoms with Gasteiger partial charge in [0.25, 0.3) is 0 Å². The van der Waals surface area contributed by atoms with E-state index >= 15 is 0 Å². The van der Waals surface area contributed by atoms with Crippen molar-refractivity contribution in [3.8, 4) is 11.1 Å². The number of nitrogen functional groups attached to an aromatic ring is 1. The van der Waals surface area contributed by atoms with Crippen LogP contribution in [0.5, 0.6) is 0 Å². The van der Waals surface area contributed by atoms with Gasteiger partial charge in [-0.25, -0.2) is 9.37 Å². The maximum absolute atomic E-state index is 14.5. The van der Waals surface area contributed by atoms with Crippen molar-refractivity contribution in [1.29, 1.82) is 0 Å². The number of carbonyl (C=O) groups excluding carboxylic acids is 2. The molecule has 0 atom stereocenters. The molecule has 3 rings (SSSR count). The van der Waals surface area contributed by atoms with Crippen LogP contribution < -0.4 is 10.6 Å². The standard InChI is InChI=1S/C24H24FN3O2/c1-3-23(30)28(2)21-12-10-19(15-20(21)25)16-6-8-17(9-7-16)22(29)13-11-18-5-4-14-27-24(18)26/h4-10,12,14-15H,3,11,13H2,1-2H3,(H2,26,27). The minimum atomic E-state index is -0.467. The molecular weight excluding hydrogens is 381 g/mol. The molecule has 0 spiro atoms. The molecule has 1 amide bonds. The number of halogens is 1. The molecule has 0 aliphatic rings. The topological polar surface area (TPSA) is 76.3 Å². The first-order valence-electron chi connectivity index (χ1n) is 9.79. The average Bonchev–Trinajstić information content (AvgIpc) is 2.77. The van der Waals surface area contributed by atoms with Gasteiger partial charge in [0.2, 0.25) is 5.91 Å². The summed E-state index contributed by atoms with van der Waals surface area (Å²) in [5.41, 5.74) is 8.97. The Hall–Kier alpha value is -3.54. The van der Waals surface area contributed by atoms with E-state index in [0.29, 0.717) is 36.2 Å². The van der Waals surface area contributed by atoms with Gasteiger partial charge in [0.15, 0.2) is 5.78 Å². The zero-order valence-corrected chi connectivity index (χ0v) is 17.1. The average molecular weight is 405 g/mol. The molecule has 2 aromatic carbocycles. The Morgan fingerprint density at radius 3 is 2.40 bits per heavy atom. The molecule has 30 heavy (non-hydrogen) atoms. The molecule has 154 valence electrons. The first-order chi connectivity index (χ1) is 14.4. The molecule has 5 nitrogen and oxygen atoms in total. The van der Waals surface area contributed by atoms with Crippen LogP contribution in [0.15, 0.2) is 60.8 Å². The number of nitrogens with zero attached hydrogens (tertiary/aromatic N) is 2. The summed E-state index contributed by atoms with van der Waals surface area (Å²) in [6, 6.07) is 15.5. The monoisotopic (exact) mass is 405 g/mol. The Kier molecular flexibility index (Phi) is 6.57. The second-order valence-electron chi connectivity index (χ2n) is 7.02. The molecule has 0 aliphatic carbocycles. The van der Waals surface area contributed by atoms with Gasteiger partial charge in [0.1, 0.15) is 11.6 Å². The number of carbonyl (C=O) groups is 2. The Bertz CT molecular complexity index is 1060. The quantitative estimate of drug-likeness (QED) is 0.580. The molecule has 0 bridgehead atoms. The Morgan fingerprint density at radius 2 is 1.77 bits per heavy atom. The second kappa shape index (κ2) is 9.31. The predicted octanol–water partition coefficient (Wildman–Crippen LogP) is 4.66. The molecule has 0 fully saturated rings. The van der Waals surface area contributed by atoms with E-state index < -0.39 is 5.82 Å². The zero-order chi connectivity index (χ0) is 21.7. The van der Waals surface area contributed by atoms with Crippen molar-refractivity contribution in [3.63, 3.8) is 0 Å². The molecule has 0 saturated heterocycles. The number of aryl methyl sites for hydroxylation is 1. The van der Waals surface area contributed by atoms with Crippen LogP contribution in [0.1, 0.15) is 35.7 Å². The van der Waals surface area contributed by atoms with E-state index in [-0.39, 0.29) is 17.4 Å². The van der Waals surface area contributed by atoms with Gasteiger partial charge in [0.05, 0.1) is 5.69 Å². The van der Waals surface area contributed by atoms with Gasteiger partial charge in [-0.15, -0.1) is 0 Å². The summed E-state index contributed by atoms with van der Waals surface area (Å²) in [6.45, 7) is 1.74. The smallest absolute Gasteiger partial charge is 0.226 e. The number of benzene rings is 2. The van der Waals surface area contributed by atoms with Gasteiger partial charge in [-0.05, 0) is 41.3 Å². The number of aromatic nitrogens is 1. The molecule has 6 heteroatoms. The lowest BCUT2D eigenvalue weighted by molar-refractivity contribution is -0.118. The van der Waals surface area contributed by atoms with Gasteiger partial charge in [-0.2, -0.15) is 0 Å². The number of amides is 1. The number of Topliss-reactive ketones (excluding diaryl/α,β-unsaturated/α-hetero) is 1. The van der Waals surface area contributed by atoms with Gasteiger partial charge in [-0.1, -0.05) is 43.3 Å². The van der Waals surface area contributed by atoms with Crippen molar-refractivity contribution in [2.45, 2.75) is 26.2 Å². The number of anilines is 2. The van der Waals surface area contributed by atoms with Crippen LogP contribution in [-0.4, -0.2) is 23.7 Å². The summed E-state index contributed by atoms with van der Waals surface area (Å²) in [7, 11) is 1.56.